The van der Waals surface area contributed by atoms with Gasteiger partial charge < -0.3 is 4.98 Å². The molecule has 0 aliphatic carbocycles. The molecular formula is C32H19NS. The Bertz CT molecular complexity index is 2060. The Hall–Kier alpha value is -4.14. The van der Waals surface area contributed by atoms with Crippen LogP contribution in [-0.2, 0) is 0 Å². The molecule has 2 heterocycles. The minimum Gasteiger partial charge on any atom is -0.354 e. The molecule has 0 unspecified atom stereocenters. The lowest BCUT2D eigenvalue weighted by molar-refractivity contribution is 1.56. The number of hydrogen-bond donors (Lipinski definition) is 1. The number of aromatic amines is 1. The molecule has 1 N–H and O–H groups in total. The van der Waals surface area contributed by atoms with Gasteiger partial charge in [0.25, 0.3) is 0 Å². The summed E-state index contributed by atoms with van der Waals surface area (Å²) in [5.74, 6) is 0. The van der Waals surface area contributed by atoms with Crippen LogP contribution in [0.4, 0.5) is 0 Å². The molecule has 1 nitrogen and oxygen atoms in total. The predicted octanol–water partition coefficient (Wildman–Crippen LogP) is 9.66. The molecule has 0 amide bonds. The van der Waals surface area contributed by atoms with E-state index in [9.17, 15) is 0 Å². The molecule has 158 valence electrons. The van der Waals surface area contributed by atoms with E-state index in [0.29, 0.717) is 0 Å². The number of aromatic nitrogens is 1. The molecule has 0 aliphatic rings. The highest BCUT2D eigenvalue weighted by Crippen LogP contribution is 2.45. The quantitative estimate of drug-likeness (QED) is 0.240. The third-order valence-electron chi connectivity index (χ3n) is 7.18. The number of H-pyrrole nitrogens is 1. The fourth-order valence-electron chi connectivity index (χ4n) is 5.71. The van der Waals surface area contributed by atoms with Crippen LogP contribution in [0.25, 0.3) is 74.6 Å². The number of nitrogens with one attached hydrogen (secondary N) is 1. The van der Waals surface area contributed by atoms with Gasteiger partial charge in [-0.25, -0.2) is 0 Å². The molecule has 2 heteroatoms. The van der Waals surface area contributed by atoms with E-state index in [1.165, 1.54) is 74.6 Å². The zero-order valence-electron chi connectivity index (χ0n) is 18.3. The predicted molar refractivity (Wildman–Crippen MR) is 149 cm³/mol. The highest BCUT2D eigenvalue weighted by atomic mass is 32.1. The van der Waals surface area contributed by atoms with Gasteiger partial charge in [-0.05, 0) is 46.2 Å². The summed E-state index contributed by atoms with van der Waals surface area (Å²) >= 11 is 1.88. The first-order valence-electron chi connectivity index (χ1n) is 11.6. The van der Waals surface area contributed by atoms with Crippen LogP contribution < -0.4 is 0 Å². The second-order valence-electron chi connectivity index (χ2n) is 9.01. The van der Waals surface area contributed by atoms with Crippen molar-refractivity contribution >= 4 is 74.9 Å². The second kappa shape index (κ2) is 6.69. The van der Waals surface area contributed by atoms with Gasteiger partial charge in [0.15, 0.2) is 0 Å². The number of thiophene rings is 1. The van der Waals surface area contributed by atoms with Crippen LogP contribution in [-0.4, -0.2) is 4.98 Å². The standard InChI is InChI=1S/C32H19NS/c1-2-8-19(9-3-1)20-14-16-26-25(18-20)30-22-11-5-4-10-21(22)29-24(32(30)33-26)15-17-28-31(29)23-12-6-7-13-27(23)34-28/h1-18,33H. The Labute approximate surface area is 199 Å². The maximum atomic E-state index is 3.80. The molecule has 2 aromatic heterocycles. The van der Waals surface area contributed by atoms with E-state index in [-0.39, 0.29) is 0 Å². The Morgan fingerprint density at radius 2 is 1.18 bits per heavy atom. The van der Waals surface area contributed by atoms with Gasteiger partial charge in [0.2, 0.25) is 0 Å². The minimum absolute atomic E-state index is 1.18. The van der Waals surface area contributed by atoms with Crippen molar-refractivity contribution in [2.24, 2.45) is 0 Å². The Balaban J connectivity index is 1.61. The van der Waals surface area contributed by atoms with Crippen LogP contribution in [0, 0.1) is 0 Å². The largest absolute Gasteiger partial charge is 0.354 e. The van der Waals surface area contributed by atoms with Crippen LogP contribution >= 0.6 is 11.3 Å². The molecule has 0 bridgehead atoms. The Morgan fingerprint density at radius 1 is 0.441 bits per heavy atom. The third kappa shape index (κ3) is 2.38. The third-order valence-corrected chi connectivity index (χ3v) is 8.32. The summed E-state index contributed by atoms with van der Waals surface area (Å²) in [5.41, 5.74) is 4.90. The average Bonchev–Trinajstić information content (AvgIpc) is 3.47. The molecule has 0 saturated carbocycles. The fraction of sp³-hybridized carbons (Fsp3) is 0. The zero-order valence-corrected chi connectivity index (χ0v) is 19.1. The van der Waals surface area contributed by atoms with Crippen molar-refractivity contribution in [1.29, 1.82) is 0 Å². The molecule has 0 radical (unpaired) electrons. The van der Waals surface area contributed by atoms with Gasteiger partial charge in [0.1, 0.15) is 0 Å². The number of hydrogen-bond acceptors (Lipinski definition) is 1. The van der Waals surface area contributed by atoms with E-state index in [2.05, 4.69) is 114 Å². The summed E-state index contributed by atoms with van der Waals surface area (Å²) in [6.07, 6.45) is 0. The number of benzene rings is 6. The van der Waals surface area contributed by atoms with E-state index < -0.39 is 0 Å². The van der Waals surface area contributed by atoms with E-state index >= 15 is 0 Å². The van der Waals surface area contributed by atoms with Crippen LogP contribution in [0.5, 0.6) is 0 Å². The summed E-state index contributed by atoms with van der Waals surface area (Å²) in [6.45, 7) is 0. The molecule has 0 fully saturated rings. The first kappa shape index (κ1) is 18.3. The smallest absolute Gasteiger partial charge is 0.0551 e. The molecule has 8 rings (SSSR count). The average molecular weight is 450 g/mol. The summed E-state index contributed by atoms with van der Waals surface area (Å²) in [5, 5.41) is 10.6. The lowest BCUT2D eigenvalue weighted by atomic mass is 9.93. The lowest BCUT2D eigenvalue weighted by Gasteiger charge is -2.09. The molecular weight excluding hydrogens is 430 g/mol. The van der Waals surface area contributed by atoms with Crippen molar-refractivity contribution in [1.82, 2.24) is 4.98 Å². The molecule has 34 heavy (non-hydrogen) atoms. The SMILES string of the molecule is c1ccc(-c2ccc3[nH]c4c5ccc6sc7ccccc7c6c5c5ccccc5c4c3c2)cc1. The lowest BCUT2D eigenvalue weighted by Crippen LogP contribution is -1.83. The monoisotopic (exact) mass is 449 g/mol. The van der Waals surface area contributed by atoms with Crippen LogP contribution in [0.1, 0.15) is 0 Å². The van der Waals surface area contributed by atoms with Gasteiger partial charge in [-0.2, -0.15) is 0 Å². The van der Waals surface area contributed by atoms with Crippen molar-refractivity contribution in [3.05, 3.63) is 109 Å². The van der Waals surface area contributed by atoms with Gasteiger partial charge in [0.05, 0.1) is 5.52 Å². The van der Waals surface area contributed by atoms with E-state index in [1.54, 1.807) is 0 Å². The minimum atomic E-state index is 1.18. The van der Waals surface area contributed by atoms with Crippen LogP contribution in [0.15, 0.2) is 109 Å². The van der Waals surface area contributed by atoms with Gasteiger partial charge in [-0.3, -0.25) is 0 Å². The Morgan fingerprint density at radius 3 is 2.03 bits per heavy atom. The second-order valence-corrected chi connectivity index (χ2v) is 10.1. The highest BCUT2D eigenvalue weighted by Gasteiger charge is 2.18. The van der Waals surface area contributed by atoms with Crippen LogP contribution in [0.2, 0.25) is 0 Å². The van der Waals surface area contributed by atoms with Gasteiger partial charge in [-0.1, -0.05) is 84.9 Å². The van der Waals surface area contributed by atoms with Crippen LogP contribution in [0.3, 0.4) is 0 Å². The maximum Gasteiger partial charge on any atom is 0.0551 e. The van der Waals surface area contributed by atoms with Gasteiger partial charge in [-0.15, -0.1) is 11.3 Å². The summed E-state index contributed by atoms with van der Waals surface area (Å²) in [7, 11) is 0. The van der Waals surface area contributed by atoms with Crippen molar-refractivity contribution < 1.29 is 0 Å². The first-order chi connectivity index (χ1) is 16.9. The van der Waals surface area contributed by atoms with Crippen molar-refractivity contribution in [2.45, 2.75) is 0 Å². The fourth-order valence-corrected chi connectivity index (χ4v) is 6.82. The van der Waals surface area contributed by atoms with Crippen molar-refractivity contribution in [2.75, 3.05) is 0 Å². The summed E-state index contributed by atoms with van der Waals surface area (Å²) < 4.78 is 2.69. The molecule has 0 spiro atoms. The normalized spacial score (nSPS) is 12.1. The maximum absolute atomic E-state index is 3.80. The van der Waals surface area contributed by atoms with E-state index in [1.807, 2.05) is 11.3 Å². The van der Waals surface area contributed by atoms with Gasteiger partial charge >= 0.3 is 0 Å². The van der Waals surface area contributed by atoms with Crippen molar-refractivity contribution in [3.63, 3.8) is 0 Å². The highest BCUT2D eigenvalue weighted by molar-refractivity contribution is 7.26. The topological polar surface area (TPSA) is 15.8 Å². The zero-order chi connectivity index (χ0) is 22.2. The first-order valence-corrected chi connectivity index (χ1v) is 12.4. The van der Waals surface area contributed by atoms with Crippen molar-refractivity contribution in [3.8, 4) is 11.1 Å². The van der Waals surface area contributed by atoms with Gasteiger partial charge in [0, 0.05) is 47.2 Å². The molecule has 0 aliphatic heterocycles. The number of fused-ring (bicyclic) bond motifs is 12. The Kier molecular flexibility index (Phi) is 3.60. The number of rotatable bonds is 1. The van der Waals surface area contributed by atoms with E-state index in [0.717, 1.165) is 0 Å². The molecule has 0 saturated heterocycles. The summed E-state index contributed by atoms with van der Waals surface area (Å²) in [4.78, 5) is 3.80. The van der Waals surface area contributed by atoms with E-state index in [4.69, 9.17) is 0 Å². The molecule has 6 aromatic carbocycles. The molecule has 8 aromatic rings. The summed E-state index contributed by atoms with van der Waals surface area (Å²) in [6, 6.07) is 39.8. The molecule has 0 atom stereocenters.